The molecule has 3 nitrogen and oxygen atoms in total. The lowest BCUT2D eigenvalue weighted by molar-refractivity contribution is -0.179. The fraction of sp³-hybridized carbons (Fsp3) is 0.143. The summed E-state index contributed by atoms with van der Waals surface area (Å²) in [6.45, 7) is 0. The Kier molecular flexibility index (Phi) is 0.910. The molecule has 2 heterocycles. The smallest absolute Gasteiger partial charge is 0.317 e. The van der Waals surface area contributed by atoms with E-state index >= 15 is 0 Å². The Morgan fingerprint density at radius 3 is 3.00 bits per heavy atom. The average Bonchev–Trinajstić information content (AvgIpc) is 2.29. The van der Waals surface area contributed by atoms with Crippen molar-refractivity contribution < 1.29 is 9.84 Å². The summed E-state index contributed by atoms with van der Waals surface area (Å²) in [6, 6.07) is 0. The predicted octanol–water partition coefficient (Wildman–Crippen LogP) is 0.519. The summed E-state index contributed by atoms with van der Waals surface area (Å²) in [7, 11) is 0. The molecular weight excluding hydrogens is 130 g/mol. The van der Waals surface area contributed by atoms with Gasteiger partial charge in [0.15, 0.2) is 0 Å². The van der Waals surface area contributed by atoms with Crippen LogP contribution in [0.3, 0.4) is 0 Å². The molecule has 2 aliphatic heterocycles. The number of allylic oxidation sites excluding steroid dienone is 2. The Bertz CT molecular complexity index is 232. The van der Waals surface area contributed by atoms with Crippen molar-refractivity contribution in [2.24, 2.45) is 0 Å². The van der Waals surface area contributed by atoms with Crippen LogP contribution in [-0.2, 0) is 4.74 Å². The normalized spacial score (nSPS) is 34.3. The summed E-state index contributed by atoms with van der Waals surface area (Å²) in [6.07, 6.45) is 10.0. The Morgan fingerprint density at radius 2 is 2.20 bits per heavy atom. The van der Waals surface area contributed by atoms with Gasteiger partial charge in [0.2, 0.25) is 0 Å². The molecule has 0 saturated heterocycles. The Labute approximate surface area is 58.5 Å². The molecule has 0 amide bonds. The third-order valence-electron chi connectivity index (χ3n) is 1.50. The van der Waals surface area contributed by atoms with E-state index in [1.165, 1.54) is 6.26 Å². The van der Waals surface area contributed by atoms with Crippen LogP contribution in [0.2, 0.25) is 0 Å². The molecule has 2 rings (SSSR count). The van der Waals surface area contributed by atoms with E-state index in [0.29, 0.717) is 0 Å². The van der Waals surface area contributed by atoms with Gasteiger partial charge in [-0.25, -0.2) is 0 Å². The standard InChI is InChI=1S/C7H7NO2/c9-7-3-1-2-4-8(7)5-6-10-7/h1-6,9H/t7-/m1/s1. The second-order valence-electron chi connectivity index (χ2n) is 2.17. The van der Waals surface area contributed by atoms with Gasteiger partial charge in [-0.1, -0.05) is 6.08 Å². The molecule has 0 aromatic rings. The third kappa shape index (κ3) is 0.579. The first-order valence-electron chi connectivity index (χ1n) is 3.03. The van der Waals surface area contributed by atoms with E-state index in [-0.39, 0.29) is 0 Å². The van der Waals surface area contributed by atoms with Crippen LogP contribution in [-0.4, -0.2) is 15.9 Å². The highest BCUT2D eigenvalue weighted by Crippen LogP contribution is 2.25. The van der Waals surface area contributed by atoms with Gasteiger partial charge >= 0.3 is 5.91 Å². The summed E-state index contributed by atoms with van der Waals surface area (Å²) in [4.78, 5) is 1.58. The molecule has 10 heavy (non-hydrogen) atoms. The summed E-state index contributed by atoms with van der Waals surface area (Å²) in [5.41, 5.74) is 0. The van der Waals surface area contributed by atoms with E-state index in [0.717, 1.165) is 0 Å². The number of rotatable bonds is 0. The molecule has 0 fully saturated rings. The van der Waals surface area contributed by atoms with E-state index in [4.69, 9.17) is 4.74 Å². The number of aliphatic hydroxyl groups is 1. The summed E-state index contributed by atoms with van der Waals surface area (Å²) in [5, 5.41) is 9.51. The van der Waals surface area contributed by atoms with Crippen molar-refractivity contribution >= 4 is 0 Å². The van der Waals surface area contributed by atoms with Gasteiger partial charge in [-0.15, -0.1) is 0 Å². The molecule has 1 N–H and O–H groups in total. The van der Waals surface area contributed by atoms with Crippen molar-refractivity contribution in [3.8, 4) is 0 Å². The Balaban J connectivity index is 2.35. The molecule has 0 spiro atoms. The van der Waals surface area contributed by atoms with Crippen LogP contribution in [0.5, 0.6) is 0 Å². The fourth-order valence-electron chi connectivity index (χ4n) is 0.969. The number of hydrogen-bond donors (Lipinski definition) is 1. The topological polar surface area (TPSA) is 32.7 Å². The van der Waals surface area contributed by atoms with Crippen molar-refractivity contribution in [3.63, 3.8) is 0 Å². The molecule has 0 aromatic heterocycles. The lowest BCUT2D eigenvalue weighted by atomic mass is 10.3. The summed E-state index contributed by atoms with van der Waals surface area (Å²) < 4.78 is 4.91. The zero-order valence-electron chi connectivity index (χ0n) is 5.27. The largest absolute Gasteiger partial charge is 0.447 e. The van der Waals surface area contributed by atoms with E-state index in [1.807, 2.05) is 6.08 Å². The Hall–Kier alpha value is -1.22. The van der Waals surface area contributed by atoms with Crippen LogP contribution < -0.4 is 0 Å². The molecule has 0 saturated carbocycles. The maximum atomic E-state index is 9.51. The molecule has 1 atom stereocenters. The van der Waals surface area contributed by atoms with Gasteiger partial charge in [0.05, 0.1) is 0 Å². The van der Waals surface area contributed by atoms with E-state index in [1.54, 1.807) is 29.5 Å². The van der Waals surface area contributed by atoms with E-state index in [9.17, 15) is 5.11 Å². The number of hydrogen-bond acceptors (Lipinski definition) is 3. The van der Waals surface area contributed by atoms with Crippen LogP contribution >= 0.6 is 0 Å². The van der Waals surface area contributed by atoms with Gasteiger partial charge in [0.1, 0.15) is 6.26 Å². The second kappa shape index (κ2) is 1.64. The van der Waals surface area contributed by atoms with E-state index in [2.05, 4.69) is 0 Å². The van der Waals surface area contributed by atoms with Crippen molar-refractivity contribution in [1.82, 2.24) is 4.90 Å². The SMILES string of the molecule is O[C@@]12C=CC=CN1C=CO2. The van der Waals surface area contributed by atoms with Gasteiger partial charge in [0.25, 0.3) is 0 Å². The summed E-state index contributed by atoms with van der Waals surface area (Å²) >= 11 is 0. The lowest BCUT2D eigenvalue weighted by Gasteiger charge is -2.28. The second-order valence-corrected chi connectivity index (χ2v) is 2.17. The highest BCUT2D eigenvalue weighted by Gasteiger charge is 2.34. The quantitative estimate of drug-likeness (QED) is 0.528. The zero-order valence-corrected chi connectivity index (χ0v) is 5.27. The zero-order chi connectivity index (χ0) is 7.03. The molecule has 2 aliphatic rings. The molecular formula is C7H7NO2. The first-order chi connectivity index (χ1) is 4.81. The number of nitrogens with zero attached hydrogens (tertiary/aromatic N) is 1. The van der Waals surface area contributed by atoms with Crippen molar-refractivity contribution in [1.29, 1.82) is 0 Å². The monoisotopic (exact) mass is 137 g/mol. The molecule has 3 heteroatoms. The van der Waals surface area contributed by atoms with Gasteiger partial charge in [-0.2, -0.15) is 0 Å². The third-order valence-corrected chi connectivity index (χ3v) is 1.50. The molecule has 0 radical (unpaired) electrons. The maximum Gasteiger partial charge on any atom is 0.317 e. The average molecular weight is 137 g/mol. The van der Waals surface area contributed by atoms with Gasteiger partial charge in [0, 0.05) is 18.5 Å². The van der Waals surface area contributed by atoms with Crippen LogP contribution in [0, 0.1) is 0 Å². The highest BCUT2D eigenvalue weighted by molar-refractivity contribution is 5.18. The van der Waals surface area contributed by atoms with E-state index < -0.39 is 5.91 Å². The van der Waals surface area contributed by atoms with Crippen LogP contribution in [0.1, 0.15) is 0 Å². The molecule has 0 unspecified atom stereocenters. The predicted molar refractivity (Wildman–Crippen MR) is 35.3 cm³/mol. The maximum absolute atomic E-state index is 9.51. The molecule has 52 valence electrons. The molecule has 0 bridgehead atoms. The van der Waals surface area contributed by atoms with Crippen molar-refractivity contribution in [2.45, 2.75) is 5.91 Å². The molecule has 0 aliphatic carbocycles. The highest BCUT2D eigenvalue weighted by atomic mass is 16.6. The van der Waals surface area contributed by atoms with Crippen LogP contribution in [0.15, 0.2) is 36.9 Å². The number of ether oxygens (including phenoxy) is 1. The van der Waals surface area contributed by atoms with Gasteiger partial charge < -0.3 is 9.84 Å². The first-order valence-corrected chi connectivity index (χ1v) is 3.03. The minimum atomic E-state index is -1.26. The number of fused-ring (bicyclic) bond motifs is 1. The van der Waals surface area contributed by atoms with Gasteiger partial charge in [-0.05, 0) is 6.08 Å². The van der Waals surface area contributed by atoms with Crippen LogP contribution in [0.4, 0.5) is 0 Å². The lowest BCUT2D eigenvalue weighted by Crippen LogP contribution is -2.39. The van der Waals surface area contributed by atoms with Crippen LogP contribution in [0.25, 0.3) is 0 Å². The Morgan fingerprint density at radius 1 is 1.30 bits per heavy atom. The van der Waals surface area contributed by atoms with Crippen molar-refractivity contribution in [3.05, 3.63) is 36.9 Å². The van der Waals surface area contributed by atoms with Crippen molar-refractivity contribution in [2.75, 3.05) is 0 Å². The summed E-state index contributed by atoms with van der Waals surface area (Å²) in [5.74, 6) is -1.26. The first kappa shape index (κ1) is 5.56. The molecule has 0 aromatic carbocycles. The fourth-order valence-corrected chi connectivity index (χ4v) is 0.969. The van der Waals surface area contributed by atoms with Gasteiger partial charge in [-0.3, -0.25) is 4.90 Å². The minimum Gasteiger partial charge on any atom is -0.447 e. The minimum absolute atomic E-state index is 1.26.